The van der Waals surface area contributed by atoms with Gasteiger partial charge in [-0.3, -0.25) is 4.79 Å². The summed E-state index contributed by atoms with van der Waals surface area (Å²) in [5.74, 6) is 0.366. The predicted octanol–water partition coefficient (Wildman–Crippen LogP) is 2.96. The summed E-state index contributed by atoms with van der Waals surface area (Å²) in [7, 11) is 0. The summed E-state index contributed by atoms with van der Waals surface area (Å²) in [6, 6.07) is 8.72. The number of furan rings is 1. The molecule has 0 atom stereocenters. The zero-order chi connectivity index (χ0) is 10.8. The average molecular weight is 204 g/mol. The summed E-state index contributed by atoms with van der Waals surface area (Å²) >= 11 is 0. The number of ketones is 1. The molecule has 0 unspecified atom stereocenters. The van der Waals surface area contributed by atoms with Crippen LogP contribution in [0.2, 0.25) is 0 Å². The van der Waals surface area contributed by atoms with Crippen molar-refractivity contribution < 1.29 is 13.6 Å². The van der Waals surface area contributed by atoms with Crippen LogP contribution in [0.3, 0.4) is 0 Å². The summed E-state index contributed by atoms with van der Waals surface area (Å²) < 4.78 is 17.8. The van der Waals surface area contributed by atoms with Crippen molar-refractivity contribution in [2.75, 3.05) is 0 Å². The number of carbonyl (C=O) groups is 1. The third-order valence-corrected chi connectivity index (χ3v) is 2.07. The first-order valence-corrected chi connectivity index (χ1v) is 4.53. The molecule has 1 aromatic carbocycles. The maximum Gasteiger partial charge on any atom is 0.228 e. The molecular weight excluding hydrogens is 195 g/mol. The molecule has 0 fully saturated rings. The lowest BCUT2D eigenvalue weighted by Crippen LogP contribution is -1.99. The first kappa shape index (κ1) is 9.65. The van der Waals surface area contributed by atoms with Crippen molar-refractivity contribution in [3.8, 4) is 0 Å². The molecule has 0 saturated carbocycles. The summed E-state index contributed by atoms with van der Waals surface area (Å²) in [5, 5.41) is 0. The van der Waals surface area contributed by atoms with Crippen LogP contribution >= 0.6 is 0 Å². The Kier molecular flexibility index (Phi) is 2.37. The van der Waals surface area contributed by atoms with Crippen LogP contribution in [0.1, 0.15) is 21.9 Å². The predicted molar refractivity (Wildman–Crippen MR) is 53.3 cm³/mol. The first-order chi connectivity index (χ1) is 7.16. The number of carbonyl (C=O) groups excluding carboxylic acids is 1. The summed E-state index contributed by atoms with van der Waals surface area (Å²) in [4.78, 5) is 11.8. The molecule has 0 saturated heterocycles. The van der Waals surface area contributed by atoms with Crippen LogP contribution in [0.25, 0.3) is 0 Å². The minimum absolute atomic E-state index is 0.233. The minimum atomic E-state index is -0.359. The van der Waals surface area contributed by atoms with Gasteiger partial charge in [-0.05, 0) is 43.3 Å². The lowest BCUT2D eigenvalue weighted by molar-refractivity contribution is 0.101. The Labute approximate surface area is 86.3 Å². The molecule has 2 aromatic rings. The van der Waals surface area contributed by atoms with Gasteiger partial charge in [0, 0.05) is 5.56 Å². The standard InChI is InChI=1S/C12H9FO2/c1-8-2-7-11(15-8)12(14)9-3-5-10(13)6-4-9/h2-7H,1H3. The Morgan fingerprint density at radius 2 is 1.80 bits per heavy atom. The third-order valence-electron chi connectivity index (χ3n) is 2.07. The van der Waals surface area contributed by atoms with Crippen LogP contribution < -0.4 is 0 Å². The number of hydrogen-bond acceptors (Lipinski definition) is 2. The Hall–Kier alpha value is -1.90. The van der Waals surface area contributed by atoms with Crippen molar-refractivity contribution in [1.29, 1.82) is 0 Å². The van der Waals surface area contributed by atoms with Crippen LogP contribution in [-0.4, -0.2) is 5.78 Å². The van der Waals surface area contributed by atoms with Crippen LogP contribution in [0.15, 0.2) is 40.8 Å². The minimum Gasteiger partial charge on any atom is -0.458 e. The molecule has 76 valence electrons. The molecule has 0 aliphatic rings. The van der Waals surface area contributed by atoms with Crippen molar-refractivity contribution in [2.24, 2.45) is 0 Å². The molecule has 2 rings (SSSR count). The highest BCUT2D eigenvalue weighted by Gasteiger charge is 2.12. The Bertz CT molecular complexity index is 483. The maximum atomic E-state index is 12.6. The zero-order valence-electron chi connectivity index (χ0n) is 8.16. The van der Waals surface area contributed by atoms with Gasteiger partial charge in [-0.2, -0.15) is 0 Å². The van der Waals surface area contributed by atoms with E-state index in [1.807, 2.05) is 0 Å². The van der Waals surface area contributed by atoms with E-state index in [-0.39, 0.29) is 17.4 Å². The molecule has 1 aromatic heterocycles. The summed E-state index contributed by atoms with van der Waals surface area (Å²) in [6.07, 6.45) is 0. The molecule has 0 spiro atoms. The van der Waals surface area contributed by atoms with Gasteiger partial charge in [0.1, 0.15) is 11.6 Å². The molecule has 0 amide bonds. The van der Waals surface area contributed by atoms with E-state index in [4.69, 9.17) is 4.42 Å². The van der Waals surface area contributed by atoms with Crippen molar-refractivity contribution >= 4 is 5.78 Å². The van der Waals surface area contributed by atoms with Gasteiger partial charge in [-0.1, -0.05) is 0 Å². The second kappa shape index (κ2) is 3.69. The van der Waals surface area contributed by atoms with Gasteiger partial charge in [-0.15, -0.1) is 0 Å². The SMILES string of the molecule is Cc1ccc(C(=O)c2ccc(F)cc2)o1. The fourth-order valence-electron chi connectivity index (χ4n) is 1.30. The van der Waals surface area contributed by atoms with Crippen molar-refractivity contribution in [2.45, 2.75) is 6.92 Å². The second-order valence-corrected chi connectivity index (χ2v) is 3.25. The van der Waals surface area contributed by atoms with Crippen molar-refractivity contribution in [1.82, 2.24) is 0 Å². The number of rotatable bonds is 2. The lowest BCUT2D eigenvalue weighted by atomic mass is 10.1. The monoisotopic (exact) mass is 204 g/mol. The number of halogens is 1. The van der Waals surface area contributed by atoms with Gasteiger partial charge in [0.05, 0.1) is 0 Å². The van der Waals surface area contributed by atoms with Crippen LogP contribution in [0.5, 0.6) is 0 Å². The van der Waals surface area contributed by atoms with Gasteiger partial charge < -0.3 is 4.42 Å². The van der Waals surface area contributed by atoms with Crippen LogP contribution in [-0.2, 0) is 0 Å². The highest BCUT2D eigenvalue weighted by atomic mass is 19.1. The molecule has 0 radical (unpaired) electrons. The number of benzene rings is 1. The van der Waals surface area contributed by atoms with Gasteiger partial charge in [0.15, 0.2) is 5.76 Å². The molecule has 0 aliphatic carbocycles. The van der Waals surface area contributed by atoms with E-state index in [9.17, 15) is 9.18 Å². The topological polar surface area (TPSA) is 30.2 Å². The molecular formula is C12H9FO2. The van der Waals surface area contributed by atoms with E-state index in [1.54, 1.807) is 19.1 Å². The fourth-order valence-corrected chi connectivity index (χ4v) is 1.30. The molecule has 0 N–H and O–H groups in total. The van der Waals surface area contributed by atoms with Gasteiger partial charge in [-0.25, -0.2) is 4.39 Å². The van der Waals surface area contributed by atoms with Crippen molar-refractivity contribution in [3.63, 3.8) is 0 Å². The van der Waals surface area contributed by atoms with Crippen LogP contribution in [0.4, 0.5) is 4.39 Å². The molecule has 3 heteroatoms. The number of hydrogen-bond donors (Lipinski definition) is 0. The Morgan fingerprint density at radius 3 is 2.33 bits per heavy atom. The largest absolute Gasteiger partial charge is 0.458 e. The summed E-state index contributed by atoms with van der Waals surface area (Å²) in [6.45, 7) is 1.77. The van der Waals surface area contributed by atoms with E-state index in [1.165, 1.54) is 24.3 Å². The van der Waals surface area contributed by atoms with Crippen molar-refractivity contribution in [3.05, 3.63) is 59.3 Å². The number of aryl methyl sites for hydroxylation is 1. The molecule has 1 heterocycles. The molecule has 15 heavy (non-hydrogen) atoms. The molecule has 2 nitrogen and oxygen atoms in total. The smallest absolute Gasteiger partial charge is 0.228 e. The fraction of sp³-hybridized carbons (Fsp3) is 0.0833. The van der Waals surface area contributed by atoms with E-state index >= 15 is 0 Å². The van der Waals surface area contributed by atoms with E-state index < -0.39 is 0 Å². The van der Waals surface area contributed by atoms with E-state index in [0.717, 1.165) is 0 Å². The van der Waals surface area contributed by atoms with E-state index in [0.29, 0.717) is 11.3 Å². The third kappa shape index (κ3) is 1.96. The summed E-state index contributed by atoms with van der Waals surface area (Å²) in [5.41, 5.74) is 0.422. The van der Waals surface area contributed by atoms with E-state index in [2.05, 4.69) is 0 Å². The maximum absolute atomic E-state index is 12.6. The second-order valence-electron chi connectivity index (χ2n) is 3.25. The molecule has 0 bridgehead atoms. The first-order valence-electron chi connectivity index (χ1n) is 4.53. The quantitative estimate of drug-likeness (QED) is 0.704. The van der Waals surface area contributed by atoms with Gasteiger partial charge in [0.2, 0.25) is 5.78 Å². The lowest BCUT2D eigenvalue weighted by Gasteiger charge is -1.96. The Morgan fingerprint density at radius 1 is 1.13 bits per heavy atom. The Balaban J connectivity index is 2.32. The highest BCUT2D eigenvalue weighted by molar-refractivity contribution is 6.07. The van der Waals surface area contributed by atoms with Gasteiger partial charge >= 0.3 is 0 Å². The molecule has 0 aliphatic heterocycles. The normalized spacial score (nSPS) is 10.3. The average Bonchev–Trinajstić information content (AvgIpc) is 2.65. The van der Waals surface area contributed by atoms with Crippen LogP contribution in [0, 0.1) is 12.7 Å². The zero-order valence-corrected chi connectivity index (χ0v) is 8.16. The van der Waals surface area contributed by atoms with Gasteiger partial charge in [0.25, 0.3) is 0 Å². The highest BCUT2D eigenvalue weighted by Crippen LogP contribution is 2.13.